The van der Waals surface area contributed by atoms with Gasteiger partial charge in [-0.15, -0.1) is 0 Å². The van der Waals surface area contributed by atoms with E-state index in [0.717, 1.165) is 16.9 Å². The Morgan fingerprint density at radius 1 is 1.02 bits per heavy atom. The number of aromatic nitrogens is 2. The second-order valence-corrected chi connectivity index (χ2v) is 10.5. The van der Waals surface area contributed by atoms with Crippen molar-refractivity contribution >= 4 is 22.8 Å². The molecule has 0 saturated heterocycles. The molecule has 10 heteroatoms. The third-order valence-corrected chi connectivity index (χ3v) is 7.10. The van der Waals surface area contributed by atoms with Crippen molar-refractivity contribution in [3.8, 4) is 22.9 Å². The number of hydrogen-bond acceptors (Lipinski definition) is 7. The van der Waals surface area contributed by atoms with E-state index in [1.807, 2.05) is 32.0 Å². The topological polar surface area (TPSA) is 109 Å². The van der Waals surface area contributed by atoms with E-state index in [1.165, 1.54) is 41.2 Å². The Bertz CT molecular complexity index is 1930. The molecule has 5 aromatic rings. The van der Waals surface area contributed by atoms with Crippen molar-refractivity contribution in [3.63, 3.8) is 0 Å². The minimum atomic E-state index is -0.521. The Morgan fingerprint density at radius 2 is 1.77 bits per heavy atom. The summed E-state index contributed by atoms with van der Waals surface area (Å²) in [7, 11) is 0. The van der Waals surface area contributed by atoms with Gasteiger partial charge < -0.3 is 9.47 Å². The molecule has 0 fully saturated rings. The Hall–Kier alpha value is -5.38. The van der Waals surface area contributed by atoms with Crippen molar-refractivity contribution in [2.45, 2.75) is 40.2 Å². The number of non-ortho nitro benzene ring substituents is 1. The van der Waals surface area contributed by atoms with E-state index in [2.05, 4.69) is 18.9 Å². The highest BCUT2D eigenvalue weighted by molar-refractivity contribution is 5.85. The van der Waals surface area contributed by atoms with Crippen molar-refractivity contribution in [2.75, 3.05) is 6.61 Å². The molecular formula is C34H31FN4O5. The van der Waals surface area contributed by atoms with Gasteiger partial charge >= 0.3 is 0 Å². The molecule has 0 radical (unpaired) electrons. The quantitative estimate of drug-likeness (QED) is 0.0947. The lowest BCUT2D eigenvalue weighted by molar-refractivity contribution is -0.384. The second-order valence-electron chi connectivity index (χ2n) is 10.5. The first-order valence-electron chi connectivity index (χ1n) is 14.2. The van der Waals surface area contributed by atoms with E-state index in [4.69, 9.17) is 14.5 Å². The number of ether oxygens (including phenoxy) is 2. The minimum Gasteiger partial charge on any atom is -0.494 e. The summed E-state index contributed by atoms with van der Waals surface area (Å²) in [6.45, 7) is 8.56. The van der Waals surface area contributed by atoms with Crippen LogP contribution in [0.4, 0.5) is 10.1 Å². The molecule has 0 bridgehead atoms. The summed E-state index contributed by atoms with van der Waals surface area (Å²) in [5.74, 6) is 1.13. The van der Waals surface area contributed by atoms with Crippen LogP contribution in [0, 0.1) is 22.9 Å². The number of fused-ring (bicyclic) bond motifs is 1. The molecule has 0 saturated carbocycles. The Morgan fingerprint density at radius 3 is 2.48 bits per heavy atom. The Balaban J connectivity index is 1.66. The van der Waals surface area contributed by atoms with Gasteiger partial charge in [0.1, 0.15) is 23.9 Å². The summed E-state index contributed by atoms with van der Waals surface area (Å²) in [5, 5.41) is 16.5. The maximum Gasteiger partial charge on any atom is 0.282 e. The summed E-state index contributed by atoms with van der Waals surface area (Å²) in [6, 6.07) is 20.9. The first-order valence-corrected chi connectivity index (χ1v) is 14.2. The number of nitro benzene ring substituents is 1. The molecule has 0 spiro atoms. The summed E-state index contributed by atoms with van der Waals surface area (Å²) >= 11 is 0. The Kier molecular flexibility index (Phi) is 8.80. The van der Waals surface area contributed by atoms with Gasteiger partial charge in [-0.1, -0.05) is 38.1 Å². The molecule has 0 aliphatic heterocycles. The van der Waals surface area contributed by atoms with Gasteiger partial charge in [-0.3, -0.25) is 14.9 Å². The van der Waals surface area contributed by atoms with Crippen LogP contribution in [-0.4, -0.2) is 27.4 Å². The fraction of sp³-hybridized carbons (Fsp3) is 0.206. The number of rotatable bonds is 10. The lowest BCUT2D eigenvalue weighted by Crippen LogP contribution is -2.21. The largest absolute Gasteiger partial charge is 0.494 e. The highest BCUT2D eigenvalue weighted by Gasteiger charge is 2.19. The minimum absolute atomic E-state index is 0.0883. The van der Waals surface area contributed by atoms with Crippen LogP contribution in [0.25, 0.3) is 22.3 Å². The predicted molar refractivity (Wildman–Crippen MR) is 168 cm³/mol. The van der Waals surface area contributed by atoms with Gasteiger partial charge in [0.2, 0.25) is 0 Å². The molecule has 5 rings (SSSR count). The lowest BCUT2D eigenvalue weighted by Gasteiger charge is -2.18. The summed E-state index contributed by atoms with van der Waals surface area (Å²) < 4.78 is 26.4. The van der Waals surface area contributed by atoms with Crippen LogP contribution in [0.15, 0.2) is 88.8 Å². The zero-order valence-corrected chi connectivity index (χ0v) is 24.8. The molecular weight excluding hydrogens is 563 g/mol. The van der Waals surface area contributed by atoms with Crippen molar-refractivity contribution in [1.82, 2.24) is 9.66 Å². The highest BCUT2D eigenvalue weighted by Crippen LogP contribution is 2.34. The highest BCUT2D eigenvalue weighted by atomic mass is 19.1. The van der Waals surface area contributed by atoms with Crippen LogP contribution in [0.3, 0.4) is 0 Å². The second kappa shape index (κ2) is 12.9. The number of aryl methyl sites for hydroxylation is 1. The number of nitrogens with zero attached hydrogens (tertiary/aromatic N) is 4. The molecule has 9 nitrogen and oxygen atoms in total. The fourth-order valence-electron chi connectivity index (χ4n) is 4.82. The number of halogens is 1. The fourth-order valence-corrected chi connectivity index (χ4v) is 4.82. The summed E-state index contributed by atoms with van der Waals surface area (Å²) in [6.07, 6.45) is 1.35. The molecule has 4 aromatic carbocycles. The van der Waals surface area contributed by atoms with Crippen molar-refractivity contribution in [2.24, 2.45) is 5.10 Å². The molecule has 0 amide bonds. The average Bonchev–Trinajstić information content (AvgIpc) is 3.00. The van der Waals surface area contributed by atoms with Crippen LogP contribution in [0.2, 0.25) is 0 Å². The van der Waals surface area contributed by atoms with E-state index in [-0.39, 0.29) is 29.6 Å². The van der Waals surface area contributed by atoms with Crippen LogP contribution in [0.1, 0.15) is 48.9 Å². The van der Waals surface area contributed by atoms with Crippen molar-refractivity contribution < 1.29 is 18.8 Å². The summed E-state index contributed by atoms with van der Waals surface area (Å²) in [4.78, 5) is 29.8. The first-order chi connectivity index (χ1) is 21.2. The maximum atomic E-state index is 13.9. The lowest BCUT2D eigenvalue weighted by atomic mass is 9.96. The molecule has 0 aliphatic carbocycles. The van der Waals surface area contributed by atoms with Gasteiger partial charge in [0.25, 0.3) is 11.2 Å². The molecule has 1 aromatic heterocycles. The van der Waals surface area contributed by atoms with E-state index >= 15 is 0 Å². The van der Waals surface area contributed by atoms with Gasteiger partial charge in [0, 0.05) is 23.3 Å². The SMILES string of the molecule is CCOc1cc(C)c(-c2nc3ccccc3c(=O)n2N=Cc2cc([N+](=O)[O-])ccc2OCc2ccc(F)cc2)cc1C(C)C. The molecule has 0 N–H and O–H groups in total. The van der Waals surface area contributed by atoms with Gasteiger partial charge in [0.05, 0.1) is 28.6 Å². The first kappa shape index (κ1) is 30.1. The molecule has 0 aliphatic rings. The van der Waals surface area contributed by atoms with E-state index in [1.54, 1.807) is 30.3 Å². The van der Waals surface area contributed by atoms with Crippen LogP contribution < -0.4 is 15.0 Å². The van der Waals surface area contributed by atoms with Gasteiger partial charge in [-0.2, -0.15) is 9.78 Å². The molecule has 0 atom stereocenters. The summed E-state index contributed by atoms with van der Waals surface area (Å²) in [5.41, 5.74) is 3.41. The van der Waals surface area contributed by atoms with E-state index in [9.17, 15) is 19.3 Å². The van der Waals surface area contributed by atoms with Gasteiger partial charge in [-0.25, -0.2) is 9.37 Å². The Labute approximate surface area is 253 Å². The molecule has 0 unspecified atom stereocenters. The number of para-hydroxylation sites is 1. The normalized spacial score (nSPS) is 11.4. The molecule has 224 valence electrons. The standard InChI is InChI=1S/C34H31FN4O5/c1-5-43-32-16-22(4)29(18-28(32)21(2)3)33-37-30-9-7-6-8-27(30)34(40)38(33)36-19-24-17-26(39(41)42)14-15-31(24)44-20-23-10-12-25(35)13-11-23/h6-19,21H,5,20H2,1-4H3. The zero-order valence-electron chi connectivity index (χ0n) is 24.8. The number of nitro groups is 1. The van der Waals surface area contributed by atoms with Gasteiger partial charge in [0.15, 0.2) is 5.82 Å². The van der Waals surface area contributed by atoms with Crippen LogP contribution in [0.5, 0.6) is 11.5 Å². The van der Waals surface area contributed by atoms with Crippen LogP contribution >= 0.6 is 0 Å². The van der Waals surface area contributed by atoms with E-state index < -0.39 is 10.5 Å². The third kappa shape index (κ3) is 6.34. The van der Waals surface area contributed by atoms with E-state index in [0.29, 0.717) is 40.2 Å². The number of hydrogen-bond donors (Lipinski definition) is 0. The van der Waals surface area contributed by atoms with Crippen LogP contribution in [-0.2, 0) is 6.61 Å². The maximum absolute atomic E-state index is 13.9. The molecule has 1 heterocycles. The third-order valence-electron chi connectivity index (χ3n) is 7.10. The molecule has 44 heavy (non-hydrogen) atoms. The number of benzene rings is 4. The average molecular weight is 595 g/mol. The van der Waals surface area contributed by atoms with Crippen molar-refractivity contribution in [1.29, 1.82) is 0 Å². The predicted octanol–water partition coefficient (Wildman–Crippen LogP) is 7.40. The monoisotopic (exact) mass is 594 g/mol. The van der Waals surface area contributed by atoms with Crippen molar-refractivity contribution in [3.05, 3.63) is 127 Å². The zero-order chi connectivity index (χ0) is 31.4. The van der Waals surface area contributed by atoms with Gasteiger partial charge in [-0.05, 0) is 78.9 Å². The smallest absolute Gasteiger partial charge is 0.282 e.